The van der Waals surface area contributed by atoms with Gasteiger partial charge < -0.3 is 14.6 Å². The zero-order valence-electron chi connectivity index (χ0n) is 12.8. The quantitative estimate of drug-likeness (QED) is 0.852. The molecule has 114 valence electrons. The molecule has 0 aliphatic heterocycles. The van der Waals surface area contributed by atoms with Crippen molar-refractivity contribution in [1.82, 2.24) is 14.9 Å². The standard InChI is InChI=1S/C16H22FN3O/c1-4-18-15(7-8-16-19-9-10-20(16)2)13-6-5-12(21-3)11-14(13)17/h5-6,9-11,15,18H,4,7-8H2,1-3H3. The monoisotopic (exact) mass is 291 g/mol. The van der Waals surface area contributed by atoms with Gasteiger partial charge in [0.25, 0.3) is 0 Å². The molecule has 0 spiro atoms. The molecule has 0 saturated heterocycles. The van der Waals surface area contributed by atoms with Crippen molar-refractivity contribution in [2.24, 2.45) is 7.05 Å². The van der Waals surface area contributed by atoms with E-state index in [1.165, 1.54) is 13.2 Å². The predicted molar refractivity (Wildman–Crippen MR) is 80.9 cm³/mol. The molecule has 1 aromatic heterocycles. The summed E-state index contributed by atoms with van der Waals surface area (Å²) in [6.07, 6.45) is 5.30. The van der Waals surface area contributed by atoms with Crippen LogP contribution in [0.3, 0.4) is 0 Å². The predicted octanol–water partition coefficient (Wildman–Crippen LogP) is 2.85. The first-order chi connectivity index (χ1) is 10.2. The van der Waals surface area contributed by atoms with Crippen LogP contribution in [0.15, 0.2) is 30.6 Å². The van der Waals surface area contributed by atoms with Crippen molar-refractivity contribution in [1.29, 1.82) is 0 Å². The molecule has 0 aliphatic rings. The number of hydrogen-bond acceptors (Lipinski definition) is 3. The third-order valence-electron chi connectivity index (χ3n) is 3.61. The maximum atomic E-state index is 14.2. The summed E-state index contributed by atoms with van der Waals surface area (Å²) in [5, 5.41) is 3.34. The van der Waals surface area contributed by atoms with Crippen molar-refractivity contribution < 1.29 is 9.13 Å². The summed E-state index contributed by atoms with van der Waals surface area (Å²) in [4.78, 5) is 4.31. The van der Waals surface area contributed by atoms with E-state index in [4.69, 9.17) is 4.74 Å². The van der Waals surface area contributed by atoms with Crippen LogP contribution in [0.2, 0.25) is 0 Å². The molecular formula is C16H22FN3O. The van der Waals surface area contributed by atoms with E-state index >= 15 is 0 Å². The minimum Gasteiger partial charge on any atom is -0.497 e. The topological polar surface area (TPSA) is 39.1 Å². The number of halogens is 1. The average molecular weight is 291 g/mol. The van der Waals surface area contributed by atoms with Gasteiger partial charge in [0.1, 0.15) is 17.4 Å². The number of aryl methyl sites for hydroxylation is 2. The van der Waals surface area contributed by atoms with Crippen LogP contribution >= 0.6 is 0 Å². The van der Waals surface area contributed by atoms with E-state index in [1.54, 1.807) is 18.3 Å². The second-order valence-electron chi connectivity index (χ2n) is 4.99. The lowest BCUT2D eigenvalue weighted by Gasteiger charge is -2.19. The second kappa shape index (κ2) is 7.22. The van der Waals surface area contributed by atoms with Gasteiger partial charge in [-0.25, -0.2) is 9.37 Å². The highest BCUT2D eigenvalue weighted by atomic mass is 19.1. The van der Waals surface area contributed by atoms with Gasteiger partial charge in [-0.15, -0.1) is 0 Å². The number of hydrogen-bond donors (Lipinski definition) is 1. The molecule has 0 radical (unpaired) electrons. The van der Waals surface area contributed by atoms with Crippen molar-refractivity contribution >= 4 is 0 Å². The molecule has 0 bridgehead atoms. The Hall–Kier alpha value is -1.88. The van der Waals surface area contributed by atoms with Crippen molar-refractivity contribution in [3.05, 3.63) is 47.8 Å². The zero-order valence-corrected chi connectivity index (χ0v) is 12.8. The Bertz CT molecular complexity index is 583. The van der Waals surface area contributed by atoms with Crippen LogP contribution in [0, 0.1) is 5.82 Å². The highest BCUT2D eigenvalue weighted by Gasteiger charge is 2.16. The van der Waals surface area contributed by atoms with E-state index in [2.05, 4.69) is 10.3 Å². The third kappa shape index (κ3) is 3.82. The molecule has 0 fully saturated rings. The fourth-order valence-corrected chi connectivity index (χ4v) is 2.44. The molecule has 1 N–H and O–H groups in total. The van der Waals surface area contributed by atoms with Crippen molar-refractivity contribution in [2.75, 3.05) is 13.7 Å². The fourth-order valence-electron chi connectivity index (χ4n) is 2.44. The van der Waals surface area contributed by atoms with Gasteiger partial charge in [-0.05, 0) is 19.0 Å². The summed E-state index contributed by atoms with van der Waals surface area (Å²) in [5.41, 5.74) is 0.673. The van der Waals surface area contributed by atoms with Crippen LogP contribution in [0.1, 0.15) is 30.8 Å². The lowest BCUT2D eigenvalue weighted by atomic mass is 10.0. The summed E-state index contributed by atoms with van der Waals surface area (Å²) in [6, 6.07) is 4.99. The highest BCUT2D eigenvalue weighted by molar-refractivity contribution is 5.31. The molecule has 1 heterocycles. The summed E-state index contributed by atoms with van der Waals surface area (Å²) < 4.78 is 21.3. The molecular weight excluding hydrogens is 269 g/mol. The molecule has 2 rings (SSSR count). The van der Waals surface area contributed by atoms with Gasteiger partial charge in [0.2, 0.25) is 0 Å². The normalized spacial score (nSPS) is 12.4. The summed E-state index contributed by atoms with van der Waals surface area (Å²) in [6.45, 7) is 2.81. The van der Waals surface area contributed by atoms with Crippen LogP contribution < -0.4 is 10.1 Å². The van der Waals surface area contributed by atoms with E-state index in [-0.39, 0.29) is 11.9 Å². The number of methoxy groups -OCH3 is 1. The van der Waals surface area contributed by atoms with Crippen LogP contribution in [0.5, 0.6) is 5.75 Å². The minimum atomic E-state index is -0.236. The Labute approximate surface area is 125 Å². The van der Waals surface area contributed by atoms with Gasteiger partial charge in [-0.1, -0.05) is 13.0 Å². The molecule has 0 amide bonds. The largest absolute Gasteiger partial charge is 0.497 e. The molecule has 21 heavy (non-hydrogen) atoms. The lowest BCUT2D eigenvalue weighted by molar-refractivity contribution is 0.408. The summed E-state index contributed by atoms with van der Waals surface area (Å²) in [5.74, 6) is 1.31. The van der Waals surface area contributed by atoms with Gasteiger partial charge >= 0.3 is 0 Å². The van der Waals surface area contributed by atoms with Crippen molar-refractivity contribution in [3.63, 3.8) is 0 Å². The van der Waals surface area contributed by atoms with E-state index in [0.29, 0.717) is 11.3 Å². The fraction of sp³-hybridized carbons (Fsp3) is 0.438. The number of ether oxygens (including phenoxy) is 1. The van der Waals surface area contributed by atoms with Crippen molar-refractivity contribution in [2.45, 2.75) is 25.8 Å². The van der Waals surface area contributed by atoms with Gasteiger partial charge in [0, 0.05) is 43.5 Å². The molecule has 0 saturated carbocycles. The third-order valence-corrected chi connectivity index (χ3v) is 3.61. The smallest absolute Gasteiger partial charge is 0.131 e. The van der Waals surface area contributed by atoms with Crippen LogP contribution in [0.25, 0.3) is 0 Å². The maximum Gasteiger partial charge on any atom is 0.131 e. The Balaban J connectivity index is 2.13. The Morgan fingerprint density at radius 3 is 2.81 bits per heavy atom. The molecule has 1 unspecified atom stereocenters. The Kier molecular flexibility index (Phi) is 5.33. The molecule has 1 atom stereocenters. The van der Waals surface area contributed by atoms with Gasteiger partial charge in [-0.3, -0.25) is 0 Å². The van der Waals surface area contributed by atoms with Crippen molar-refractivity contribution in [3.8, 4) is 5.75 Å². The molecule has 2 aromatic rings. The Morgan fingerprint density at radius 1 is 1.43 bits per heavy atom. The SMILES string of the molecule is CCNC(CCc1nccn1C)c1ccc(OC)cc1F. The molecule has 0 aliphatic carbocycles. The first-order valence-electron chi connectivity index (χ1n) is 7.18. The number of rotatable bonds is 7. The maximum absolute atomic E-state index is 14.2. The zero-order chi connectivity index (χ0) is 15.2. The lowest BCUT2D eigenvalue weighted by Crippen LogP contribution is -2.23. The first kappa shape index (κ1) is 15.5. The first-order valence-corrected chi connectivity index (χ1v) is 7.18. The molecule has 5 heteroatoms. The van der Waals surface area contributed by atoms with Crippen LogP contribution in [-0.2, 0) is 13.5 Å². The van der Waals surface area contributed by atoms with Gasteiger partial charge in [0.05, 0.1) is 7.11 Å². The van der Waals surface area contributed by atoms with Gasteiger partial charge in [0.15, 0.2) is 0 Å². The number of benzene rings is 1. The summed E-state index contributed by atoms with van der Waals surface area (Å²) in [7, 11) is 3.51. The summed E-state index contributed by atoms with van der Waals surface area (Å²) >= 11 is 0. The van der Waals surface area contributed by atoms with Crippen LogP contribution in [-0.4, -0.2) is 23.2 Å². The number of nitrogens with zero attached hydrogens (tertiary/aromatic N) is 2. The molecule has 4 nitrogen and oxygen atoms in total. The van der Waals surface area contributed by atoms with E-state index in [0.717, 1.165) is 25.2 Å². The van der Waals surface area contributed by atoms with E-state index in [1.807, 2.05) is 24.7 Å². The average Bonchev–Trinajstić information content (AvgIpc) is 2.89. The molecule has 1 aromatic carbocycles. The van der Waals surface area contributed by atoms with E-state index < -0.39 is 0 Å². The second-order valence-corrected chi connectivity index (χ2v) is 4.99. The highest BCUT2D eigenvalue weighted by Crippen LogP contribution is 2.25. The Morgan fingerprint density at radius 2 is 2.24 bits per heavy atom. The number of nitrogens with one attached hydrogen (secondary N) is 1. The number of imidazole rings is 1. The van der Waals surface area contributed by atoms with E-state index in [9.17, 15) is 4.39 Å². The number of aromatic nitrogens is 2. The van der Waals surface area contributed by atoms with Gasteiger partial charge in [-0.2, -0.15) is 0 Å². The minimum absolute atomic E-state index is 0.0300. The van der Waals surface area contributed by atoms with Crippen LogP contribution in [0.4, 0.5) is 4.39 Å².